The first-order valence-corrected chi connectivity index (χ1v) is 4.88. The van der Waals surface area contributed by atoms with E-state index in [1.165, 1.54) is 0 Å². The first-order valence-electron chi connectivity index (χ1n) is 4.88. The number of rotatable bonds is 5. The Balaban J connectivity index is 2.68. The number of nitrogens with zero attached hydrogens (tertiary/aromatic N) is 2. The van der Waals surface area contributed by atoms with E-state index in [-0.39, 0.29) is 0 Å². The van der Waals surface area contributed by atoms with E-state index >= 15 is 0 Å². The normalized spacial score (nSPS) is 15.6. The average molecular weight is 182 g/mol. The maximum Gasteiger partial charge on any atom is 0.0996 e. The predicted molar refractivity (Wildman–Crippen MR) is 52.3 cm³/mol. The Labute approximate surface area is 79.1 Å². The van der Waals surface area contributed by atoms with Crippen LogP contribution in [0.4, 0.5) is 0 Å². The minimum Gasteiger partial charge on any atom is -0.309 e. The standard InChI is InChI=1S/C9H18N4/c1-4-7(3)9(10-5-2)8-6-11-13-12-8/h6-7,9-10H,4-5H2,1-3H3,(H,11,12,13). The van der Waals surface area contributed by atoms with Crippen molar-refractivity contribution in [2.24, 2.45) is 5.92 Å². The van der Waals surface area contributed by atoms with Gasteiger partial charge in [-0.1, -0.05) is 27.2 Å². The molecular weight excluding hydrogens is 164 g/mol. The first kappa shape index (κ1) is 10.2. The molecule has 2 unspecified atom stereocenters. The van der Waals surface area contributed by atoms with E-state index in [1.807, 2.05) is 0 Å². The van der Waals surface area contributed by atoms with Gasteiger partial charge in [-0.05, 0) is 12.5 Å². The summed E-state index contributed by atoms with van der Waals surface area (Å²) in [5.41, 5.74) is 1.01. The fraction of sp³-hybridized carbons (Fsp3) is 0.778. The molecule has 0 spiro atoms. The fourth-order valence-electron chi connectivity index (χ4n) is 1.41. The van der Waals surface area contributed by atoms with E-state index < -0.39 is 0 Å². The molecule has 0 bridgehead atoms. The van der Waals surface area contributed by atoms with E-state index in [4.69, 9.17) is 0 Å². The van der Waals surface area contributed by atoms with Crippen molar-refractivity contribution in [1.29, 1.82) is 0 Å². The molecule has 1 rings (SSSR count). The number of H-pyrrole nitrogens is 1. The first-order chi connectivity index (χ1) is 6.29. The number of aromatic nitrogens is 3. The molecule has 1 heterocycles. The monoisotopic (exact) mass is 182 g/mol. The Hall–Kier alpha value is -0.900. The smallest absolute Gasteiger partial charge is 0.0996 e. The third-order valence-electron chi connectivity index (χ3n) is 2.39. The van der Waals surface area contributed by atoms with Gasteiger partial charge >= 0.3 is 0 Å². The lowest BCUT2D eigenvalue weighted by Gasteiger charge is -2.21. The second kappa shape index (κ2) is 4.97. The highest BCUT2D eigenvalue weighted by Crippen LogP contribution is 2.21. The van der Waals surface area contributed by atoms with Crippen molar-refractivity contribution >= 4 is 0 Å². The summed E-state index contributed by atoms with van der Waals surface area (Å²) >= 11 is 0. The van der Waals surface area contributed by atoms with Crippen molar-refractivity contribution in [3.8, 4) is 0 Å². The molecule has 1 aromatic heterocycles. The molecule has 13 heavy (non-hydrogen) atoms. The van der Waals surface area contributed by atoms with Gasteiger partial charge in [-0.15, -0.1) is 0 Å². The van der Waals surface area contributed by atoms with Crippen molar-refractivity contribution in [3.63, 3.8) is 0 Å². The summed E-state index contributed by atoms with van der Waals surface area (Å²) < 4.78 is 0. The number of hydrogen-bond acceptors (Lipinski definition) is 3. The van der Waals surface area contributed by atoms with E-state index in [1.54, 1.807) is 6.20 Å². The summed E-state index contributed by atoms with van der Waals surface area (Å²) in [6.07, 6.45) is 2.93. The van der Waals surface area contributed by atoms with Gasteiger partial charge in [0.2, 0.25) is 0 Å². The third-order valence-corrected chi connectivity index (χ3v) is 2.39. The highest BCUT2D eigenvalue weighted by molar-refractivity contribution is 5.01. The average Bonchev–Trinajstić information content (AvgIpc) is 2.65. The summed E-state index contributed by atoms with van der Waals surface area (Å²) in [7, 11) is 0. The van der Waals surface area contributed by atoms with Crippen LogP contribution in [0, 0.1) is 5.92 Å². The molecule has 1 aromatic rings. The van der Waals surface area contributed by atoms with Gasteiger partial charge in [0.05, 0.1) is 17.9 Å². The molecule has 2 atom stereocenters. The molecule has 0 aliphatic rings. The van der Waals surface area contributed by atoms with Gasteiger partial charge in [-0.25, -0.2) is 0 Å². The molecule has 0 aromatic carbocycles. The van der Waals surface area contributed by atoms with Gasteiger partial charge < -0.3 is 5.32 Å². The largest absolute Gasteiger partial charge is 0.309 e. The van der Waals surface area contributed by atoms with Crippen LogP contribution >= 0.6 is 0 Å². The van der Waals surface area contributed by atoms with Crippen LogP contribution in [0.2, 0.25) is 0 Å². The lowest BCUT2D eigenvalue weighted by Crippen LogP contribution is -2.26. The van der Waals surface area contributed by atoms with E-state index in [0.717, 1.165) is 18.7 Å². The maximum absolute atomic E-state index is 4.11. The molecule has 0 fully saturated rings. The predicted octanol–water partition coefficient (Wildman–Crippen LogP) is 1.50. The Morgan fingerprint density at radius 2 is 2.31 bits per heavy atom. The van der Waals surface area contributed by atoms with Gasteiger partial charge in [-0.3, -0.25) is 0 Å². The molecule has 2 N–H and O–H groups in total. The SMILES string of the molecule is CCNC(c1cn[nH]n1)C(C)CC. The van der Waals surface area contributed by atoms with Crippen LogP contribution in [0.5, 0.6) is 0 Å². The maximum atomic E-state index is 4.11. The number of aromatic amines is 1. The highest BCUT2D eigenvalue weighted by Gasteiger charge is 2.18. The van der Waals surface area contributed by atoms with Crippen LogP contribution in [0.1, 0.15) is 38.9 Å². The summed E-state index contributed by atoms with van der Waals surface area (Å²) in [5.74, 6) is 0.588. The summed E-state index contributed by atoms with van der Waals surface area (Å²) in [5, 5.41) is 14.0. The lowest BCUT2D eigenvalue weighted by atomic mass is 9.97. The minimum atomic E-state index is 0.328. The zero-order chi connectivity index (χ0) is 9.68. The third kappa shape index (κ3) is 2.52. The Morgan fingerprint density at radius 3 is 2.77 bits per heavy atom. The molecule has 0 aliphatic heterocycles. The second-order valence-electron chi connectivity index (χ2n) is 3.32. The van der Waals surface area contributed by atoms with E-state index in [9.17, 15) is 0 Å². The molecule has 0 aliphatic carbocycles. The van der Waals surface area contributed by atoms with Crippen LogP contribution in [0.3, 0.4) is 0 Å². The highest BCUT2D eigenvalue weighted by atomic mass is 15.3. The Bertz CT molecular complexity index is 220. The van der Waals surface area contributed by atoms with Crippen LogP contribution in [-0.4, -0.2) is 22.0 Å². The fourth-order valence-corrected chi connectivity index (χ4v) is 1.41. The molecule has 0 radical (unpaired) electrons. The minimum absolute atomic E-state index is 0.328. The van der Waals surface area contributed by atoms with Gasteiger partial charge in [0.15, 0.2) is 0 Å². The van der Waals surface area contributed by atoms with Crippen LogP contribution in [-0.2, 0) is 0 Å². The molecule has 0 saturated heterocycles. The van der Waals surface area contributed by atoms with Crippen molar-refractivity contribution in [2.75, 3.05) is 6.54 Å². The van der Waals surface area contributed by atoms with Crippen LogP contribution in [0.15, 0.2) is 6.20 Å². The number of hydrogen-bond donors (Lipinski definition) is 2. The summed E-state index contributed by atoms with van der Waals surface area (Å²) in [6.45, 7) is 7.48. The van der Waals surface area contributed by atoms with Gasteiger partial charge in [-0.2, -0.15) is 15.4 Å². The van der Waals surface area contributed by atoms with Gasteiger partial charge in [0.25, 0.3) is 0 Å². The van der Waals surface area contributed by atoms with Gasteiger partial charge in [0, 0.05) is 0 Å². The van der Waals surface area contributed by atoms with Crippen molar-refractivity contribution < 1.29 is 0 Å². The van der Waals surface area contributed by atoms with Crippen LogP contribution in [0.25, 0.3) is 0 Å². The van der Waals surface area contributed by atoms with Crippen molar-refractivity contribution in [3.05, 3.63) is 11.9 Å². The summed E-state index contributed by atoms with van der Waals surface area (Å²) in [6, 6.07) is 0.328. The molecule has 4 heteroatoms. The second-order valence-corrected chi connectivity index (χ2v) is 3.32. The Kier molecular flexibility index (Phi) is 3.89. The molecule has 4 nitrogen and oxygen atoms in total. The van der Waals surface area contributed by atoms with Gasteiger partial charge in [0.1, 0.15) is 0 Å². The van der Waals surface area contributed by atoms with Crippen molar-refractivity contribution in [1.82, 2.24) is 20.7 Å². The number of nitrogens with one attached hydrogen (secondary N) is 2. The summed E-state index contributed by atoms with van der Waals surface area (Å²) in [4.78, 5) is 0. The van der Waals surface area contributed by atoms with E-state index in [0.29, 0.717) is 12.0 Å². The quantitative estimate of drug-likeness (QED) is 0.725. The van der Waals surface area contributed by atoms with E-state index in [2.05, 4.69) is 41.5 Å². The topological polar surface area (TPSA) is 53.6 Å². The molecule has 74 valence electrons. The molecular formula is C9H18N4. The van der Waals surface area contributed by atoms with Crippen molar-refractivity contribution in [2.45, 2.75) is 33.2 Å². The molecule has 0 saturated carbocycles. The molecule has 0 amide bonds. The zero-order valence-corrected chi connectivity index (χ0v) is 8.54. The zero-order valence-electron chi connectivity index (χ0n) is 8.54. The lowest BCUT2D eigenvalue weighted by molar-refractivity contribution is 0.376. The van der Waals surface area contributed by atoms with Crippen LogP contribution < -0.4 is 5.32 Å². The Morgan fingerprint density at radius 1 is 1.54 bits per heavy atom.